The van der Waals surface area contributed by atoms with Crippen LogP contribution in [0.15, 0.2) is 60.2 Å². The average Bonchev–Trinajstić information content (AvgIpc) is 3.65. The largest absolute Gasteiger partial charge is 3.00 e. The molecule has 1 saturated heterocycles. The van der Waals surface area contributed by atoms with Crippen LogP contribution in [0.1, 0.15) is 87.6 Å². The Labute approximate surface area is 254 Å². The van der Waals surface area contributed by atoms with Crippen molar-refractivity contribution in [2.75, 3.05) is 13.6 Å². The van der Waals surface area contributed by atoms with Crippen LogP contribution in [0.3, 0.4) is 0 Å². The van der Waals surface area contributed by atoms with E-state index in [1.54, 1.807) is 0 Å². The fourth-order valence-corrected chi connectivity index (χ4v) is 5.29. The number of benzene rings is 2. The molecule has 5 rings (SSSR count). The minimum atomic E-state index is 0. The van der Waals surface area contributed by atoms with E-state index in [0.29, 0.717) is 0 Å². The molecule has 0 N–H and O–H groups in total. The minimum absolute atomic E-state index is 0. The summed E-state index contributed by atoms with van der Waals surface area (Å²) in [5.74, 6) is 0. The molecule has 196 valence electrons. The number of unbranched alkanes of at least 4 members (excludes halogenated alkanes) is 1. The first-order valence-corrected chi connectivity index (χ1v) is 13.9. The van der Waals surface area contributed by atoms with Gasteiger partial charge in [0, 0.05) is 6.04 Å². The number of likely N-dealkylation sites (tertiary alicyclic amines) is 1. The van der Waals surface area contributed by atoms with Crippen molar-refractivity contribution in [3.63, 3.8) is 0 Å². The third-order valence-corrected chi connectivity index (χ3v) is 7.19. The van der Waals surface area contributed by atoms with Crippen LogP contribution in [0, 0.1) is 20.8 Å². The van der Waals surface area contributed by atoms with Crippen LogP contribution < -0.4 is 0 Å². The SMILES string of the molecule is CC.CC.[CH2-]CC[CH-]C1=CC=C(c2ccc(C3=Cc4ccc(CC5CCCN5C)cc4C3)cc2)C1.[CH3-].[Y+3]. The molecule has 1 heterocycles. The summed E-state index contributed by atoms with van der Waals surface area (Å²) in [7, 11) is 2.27. The molecule has 1 fully saturated rings. The van der Waals surface area contributed by atoms with E-state index >= 15 is 0 Å². The average molecular weight is 572 g/mol. The number of fused-ring (bicyclic) bond motifs is 1. The Hall–Kier alpha value is -1.41. The maximum absolute atomic E-state index is 3.93. The van der Waals surface area contributed by atoms with Gasteiger partial charge in [0.2, 0.25) is 0 Å². The van der Waals surface area contributed by atoms with E-state index < -0.39 is 0 Å². The zero-order valence-electron chi connectivity index (χ0n) is 24.3. The number of hydrogen-bond acceptors (Lipinski definition) is 1. The van der Waals surface area contributed by atoms with Gasteiger partial charge in [0.1, 0.15) is 0 Å². The van der Waals surface area contributed by atoms with Crippen molar-refractivity contribution in [1.82, 2.24) is 4.90 Å². The van der Waals surface area contributed by atoms with E-state index in [1.807, 2.05) is 27.7 Å². The van der Waals surface area contributed by atoms with Gasteiger partial charge >= 0.3 is 32.7 Å². The van der Waals surface area contributed by atoms with Crippen LogP contribution in [-0.4, -0.2) is 24.5 Å². The van der Waals surface area contributed by atoms with Gasteiger partial charge in [0.05, 0.1) is 0 Å². The van der Waals surface area contributed by atoms with Crippen molar-refractivity contribution in [3.8, 4) is 0 Å². The molecule has 0 amide bonds. The molecular weight excluding hydrogens is 523 g/mol. The molecule has 0 aromatic heterocycles. The third kappa shape index (κ3) is 8.81. The van der Waals surface area contributed by atoms with Gasteiger partial charge in [-0.1, -0.05) is 81.8 Å². The maximum atomic E-state index is 3.93. The summed E-state index contributed by atoms with van der Waals surface area (Å²) >= 11 is 0. The number of nitrogens with zero attached hydrogens (tertiary/aromatic N) is 1. The molecule has 3 aliphatic rings. The van der Waals surface area contributed by atoms with Crippen molar-refractivity contribution in [1.29, 1.82) is 0 Å². The molecule has 2 aromatic rings. The smallest absolute Gasteiger partial charge is 0.358 e. The molecule has 1 unspecified atom stereocenters. The van der Waals surface area contributed by atoms with E-state index in [2.05, 4.69) is 86.0 Å². The number of rotatable bonds is 7. The van der Waals surface area contributed by atoms with Gasteiger partial charge < -0.3 is 19.3 Å². The summed E-state index contributed by atoms with van der Waals surface area (Å²) in [5.41, 5.74) is 11.4. The molecule has 2 aromatic carbocycles. The first-order chi connectivity index (χ1) is 17.2. The Morgan fingerprint density at radius 3 is 2.22 bits per heavy atom. The molecule has 1 atom stereocenters. The van der Waals surface area contributed by atoms with Gasteiger partial charge in [0.15, 0.2) is 0 Å². The third-order valence-electron chi connectivity index (χ3n) is 7.19. The fourth-order valence-electron chi connectivity index (χ4n) is 5.29. The molecule has 1 nitrogen and oxygen atoms in total. The number of likely N-dealkylation sites (N-methyl/N-ethyl adjacent to an activating group) is 1. The van der Waals surface area contributed by atoms with E-state index in [9.17, 15) is 0 Å². The maximum Gasteiger partial charge on any atom is 3.00 e. The van der Waals surface area contributed by atoms with Crippen LogP contribution in [0.5, 0.6) is 0 Å². The van der Waals surface area contributed by atoms with Gasteiger partial charge in [-0.3, -0.25) is 0 Å². The Morgan fingerprint density at radius 1 is 0.919 bits per heavy atom. The predicted molar refractivity (Wildman–Crippen MR) is 162 cm³/mol. The standard InChI is InChI=1S/C30H33N.2C2H6.CH3.Y/c1-3-4-6-22-8-10-26(17-22)24-12-14-25(15-13-24)29-20-27-11-9-23(18-28(27)21-29)19-30-7-5-16-31(30)2;2*1-2;;/h6,8-15,18,20,30H,1,3-5,7,16-17,19,21H2,2H3;2*1-2H3;1H3;/q-2;;;-1;+3. The van der Waals surface area contributed by atoms with Gasteiger partial charge in [-0.25, -0.2) is 18.1 Å². The van der Waals surface area contributed by atoms with Gasteiger partial charge in [-0.15, -0.1) is 12.5 Å². The zero-order chi connectivity index (χ0) is 25.2. The van der Waals surface area contributed by atoms with Gasteiger partial charge in [0.25, 0.3) is 0 Å². The van der Waals surface area contributed by atoms with E-state index in [4.69, 9.17) is 0 Å². The second-order valence-corrected chi connectivity index (χ2v) is 9.39. The Morgan fingerprint density at radius 2 is 1.59 bits per heavy atom. The molecule has 1 aliphatic heterocycles. The van der Waals surface area contributed by atoms with Crippen LogP contribution in [0.2, 0.25) is 0 Å². The summed E-state index contributed by atoms with van der Waals surface area (Å²) in [6.07, 6.45) is 17.3. The van der Waals surface area contributed by atoms with Crippen molar-refractivity contribution < 1.29 is 32.7 Å². The first-order valence-electron chi connectivity index (χ1n) is 13.9. The molecule has 0 spiro atoms. The summed E-state index contributed by atoms with van der Waals surface area (Å²) in [4.78, 5) is 2.52. The molecule has 2 aliphatic carbocycles. The van der Waals surface area contributed by atoms with E-state index in [1.165, 1.54) is 70.3 Å². The Balaban J connectivity index is 0.00000109. The van der Waals surface area contributed by atoms with Crippen molar-refractivity contribution in [2.45, 2.75) is 78.7 Å². The monoisotopic (exact) mass is 571 g/mol. The van der Waals surface area contributed by atoms with Crippen LogP contribution in [0.25, 0.3) is 17.2 Å². The van der Waals surface area contributed by atoms with Crippen LogP contribution >= 0.6 is 0 Å². The fraction of sp³-hybridized carbons (Fsp3) is 0.400. The molecule has 0 saturated carbocycles. The molecule has 0 radical (unpaired) electrons. The van der Waals surface area contributed by atoms with Crippen molar-refractivity contribution >= 4 is 17.2 Å². The summed E-state index contributed by atoms with van der Waals surface area (Å²) in [5, 5.41) is 0. The Bertz CT molecular complexity index is 1040. The normalized spacial score (nSPS) is 17.5. The van der Waals surface area contributed by atoms with Crippen molar-refractivity contribution in [3.05, 3.63) is 109 Å². The van der Waals surface area contributed by atoms with Gasteiger partial charge in [-0.2, -0.15) is 6.42 Å². The number of hydrogen-bond donors (Lipinski definition) is 0. The molecule has 37 heavy (non-hydrogen) atoms. The summed E-state index contributed by atoms with van der Waals surface area (Å²) in [6, 6.07) is 17.1. The summed E-state index contributed by atoms with van der Waals surface area (Å²) < 4.78 is 0. The van der Waals surface area contributed by atoms with Crippen LogP contribution in [-0.2, 0) is 45.6 Å². The number of allylic oxidation sites excluding steroid dienone is 5. The van der Waals surface area contributed by atoms with Crippen molar-refractivity contribution in [2.24, 2.45) is 0 Å². The predicted octanol–water partition coefficient (Wildman–Crippen LogP) is 9.45. The van der Waals surface area contributed by atoms with Crippen LogP contribution in [0.4, 0.5) is 0 Å². The quantitative estimate of drug-likeness (QED) is 0.299. The second-order valence-electron chi connectivity index (χ2n) is 9.39. The first kappa shape index (κ1) is 33.6. The molecule has 2 heteroatoms. The molecular formula is C35H48NY. The Kier molecular flexibility index (Phi) is 15.7. The minimum Gasteiger partial charge on any atom is -0.358 e. The van der Waals surface area contributed by atoms with Gasteiger partial charge in [-0.05, 0) is 79.1 Å². The van der Waals surface area contributed by atoms with E-state index in [0.717, 1.165) is 31.7 Å². The van der Waals surface area contributed by atoms with E-state index in [-0.39, 0.29) is 40.1 Å². The second kappa shape index (κ2) is 17.2. The molecule has 0 bridgehead atoms. The topological polar surface area (TPSA) is 3.24 Å². The summed E-state index contributed by atoms with van der Waals surface area (Å²) in [6.45, 7) is 13.2. The zero-order valence-corrected chi connectivity index (χ0v) is 27.2.